The third kappa shape index (κ3) is 4.02. The van der Waals surface area contributed by atoms with E-state index in [2.05, 4.69) is 15.8 Å². The fourth-order valence-electron chi connectivity index (χ4n) is 1.92. The molecule has 1 saturated heterocycles. The van der Waals surface area contributed by atoms with Crippen molar-refractivity contribution in [2.75, 3.05) is 13.1 Å². The summed E-state index contributed by atoms with van der Waals surface area (Å²) < 4.78 is 4.87. The van der Waals surface area contributed by atoms with Gasteiger partial charge in [-0.1, -0.05) is 5.16 Å². The molecule has 0 aromatic carbocycles. The zero-order valence-electron chi connectivity index (χ0n) is 9.86. The van der Waals surface area contributed by atoms with E-state index >= 15 is 0 Å². The molecule has 2 heterocycles. The number of amides is 1. The highest BCUT2D eigenvalue weighted by atomic mass is 35.5. The van der Waals surface area contributed by atoms with Gasteiger partial charge in [0.15, 0.2) is 0 Å². The number of carbonyl (C=O) groups excluding carboxylic acids is 1. The van der Waals surface area contributed by atoms with Crippen molar-refractivity contribution in [2.45, 2.75) is 32.2 Å². The summed E-state index contributed by atoms with van der Waals surface area (Å²) in [6.07, 6.45) is 3.41. The summed E-state index contributed by atoms with van der Waals surface area (Å²) in [6, 6.07) is 2.19. The lowest BCUT2D eigenvalue weighted by Gasteiger charge is -2.09. The summed E-state index contributed by atoms with van der Waals surface area (Å²) in [6.45, 7) is 3.57. The first-order chi connectivity index (χ1) is 7.75. The molecule has 17 heavy (non-hydrogen) atoms. The van der Waals surface area contributed by atoms with Crippen molar-refractivity contribution in [3.63, 3.8) is 0 Å². The normalized spacial score (nSPS) is 18.8. The van der Waals surface area contributed by atoms with Crippen LogP contribution in [0.25, 0.3) is 0 Å². The van der Waals surface area contributed by atoms with Gasteiger partial charge in [0, 0.05) is 18.7 Å². The molecule has 1 aliphatic heterocycles. The van der Waals surface area contributed by atoms with E-state index in [0.717, 1.165) is 18.7 Å². The number of halogens is 1. The van der Waals surface area contributed by atoms with Crippen molar-refractivity contribution in [2.24, 2.45) is 0 Å². The van der Waals surface area contributed by atoms with E-state index in [0.29, 0.717) is 12.6 Å². The van der Waals surface area contributed by atoms with Gasteiger partial charge < -0.3 is 15.2 Å². The summed E-state index contributed by atoms with van der Waals surface area (Å²) >= 11 is 0. The number of hydrogen-bond donors (Lipinski definition) is 2. The van der Waals surface area contributed by atoms with E-state index in [1.54, 1.807) is 13.0 Å². The van der Waals surface area contributed by atoms with Gasteiger partial charge in [0.05, 0.1) is 5.69 Å². The molecule has 6 heteroatoms. The molecule has 2 N–H and O–H groups in total. The van der Waals surface area contributed by atoms with Gasteiger partial charge in [0.25, 0.3) is 5.91 Å². The molecule has 1 aliphatic rings. The Labute approximate surface area is 107 Å². The minimum absolute atomic E-state index is 0. The van der Waals surface area contributed by atoms with Crippen molar-refractivity contribution in [1.82, 2.24) is 15.8 Å². The van der Waals surface area contributed by atoms with Crippen LogP contribution >= 0.6 is 12.4 Å². The van der Waals surface area contributed by atoms with E-state index in [9.17, 15) is 4.79 Å². The van der Waals surface area contributed by atoms with Crippen LogP contribution in [0.3, 0.4) is 0 Å². The van der Waals surface area contributed by atoms with Crippen molar-refractivity contribution < 1.29 is 9.32 Å². The maximum absolute atomic E-state index is 11.6. The van der Waals surface area contributed by atoms with Crippen LogP contribution in [0.2, 0.25) is 0 Å². The largest absolute Gasteiger partial charge is 0.351 e. The van der Waals surface area contributed by atoms with Crippen LogP contribution in [-0.2, 0) is 0 Å². The van der Waals surface area contributed by atoms with Crippen molar-refractivity contribution in [1.29, 1.82) is 0 Å². The van der Waals surface area contributed by atoms with Crippen molar-refractivity contribution in [3.05, 3.63) is 17.5 Å². The molecule has 1 aromatic rings. The Bertz CT molecular complexity index is 361. The number of aryl methyl sites for hydroxylation is 1. The van der Waals surface area contributed by atoms with Gasteiger partial charge in [0.1, 0.15) is 0 Å². The van der Waals surface area contributed by atoms with E-state index in [1.807, 2.05) is 0 Å². The Morgan fingerprint density at radius 1 is 1.71 bits per heavy atom. The van der Waals surface area contributed by atoms with E-state index < -0.39 is 0 Å². The Kier molecular flexibility index (Phi) is 5.44. The first-order valence-electron chi connectivity index (χ1n) is 5.70. The minimum Gasteiger partial charge on any atom is -0.351 e. The van der Waals surface area contributed by atoms with Crippen molar-refractivity contribution >= 4 is 18.3 Å². The first-order valence-corrected chi connectivity index (χ1v) is 5.70. The fourth-order valence-corrected chi connectivity index (χ4v) is 1.92. The molecule has 0 spiro atoms. The molecule has 1 fully saturated rings. The van der Waals surface area contributed by atoms with Gasteiger partial charge in [-0.2, -0.15) is 0 Å². The minimum atomic E-state index is -0.182. The van der Waals surface area contributed by atoms with Crippen LogP contribution in [0, 0.1) is 6.92 Å². The third-order valence-electron chi connectivity index (χ3n) is 2.79. The fraction of sp³-hybridized carbons (Fsp3) is 0.636. The molecule has 96 valence electrons. The number of carbonyl (C=O) groups is 1. The number of rotatable bonds is 4. The molecule has 2 rings (SSSR count). The quantitative estimate of drug-likeness (QED) is 0.855. The summed E-state index contributed by atoms with van der Waals surface area (Å²) in [5, 5.41) is 9.89. The highest BCUT2D eigenvalue weighted by Gasteiger charge is 2.15. The second kappa shape index (κ2) is 6.61. The third-order valence-corrected chi connectivity index (χ3v) is 2.79. The predicted molar refractivity (Wildman–Crippen MR) is 66.5 cm³/mol. The molecule has 0 bridgehead atoms. The Morgan fingerprint density at radius 3 is 3.12 bits per heavy atom. The molecule has 5 nitrogen and oxygen atoms in total. The molecule has 0 saturated carbocycles. The second-order valence-corrected chi connectivity index (χ2v) is 4.17. The second-order valence-electron chi connectivity index (χ2n) is 4.17. The smallest absolute Gasteiger partial charge is 0.289 e. The lowest BCUT2D eigenvalue weighted by atomic mass is 10.1. The molecule has 0 aliphatic carbocycles. The number of hydrogen-bond acceptors (Lipinski definition) is 4. The Balaban J connectivity index is 0.00000144. The maximum Gasteiger partial charge on any atom is 0.289 e. The highest BCUT2D eigenvalue weighted by molar-refractivity contribution is 5.91. The highest BCUT2D eigenvalue weighted by Crippen LogP contribution is 2.08. The lowest BCUT2D eigenvalue weighted by molar-refractivity contribution is 0.0915. The average Bonchev–Trinajstić information content (AvgIpc) is 2.89. The Morgan fingerprint density at radius 2 is 2.53 bits per heavy atom. The van der Waals surface area contributed by atoms with Crippen LogP contribution in [-0.4, -0.2) is 30.2 Å². The van der Waals surface area contributed by atoms with Gasteiger partial charge in [-0.05, 0) is 32.7 Å². The maximum atomic E-state index is 11.6. The van der Waals surface area contributed by atoms with Crippen LogP contribution < -0.4 is 10.6 Å². The van der Waals surface area contributed by atoms with Crippen LogP contribution in [0.4, 0.5) is 0 Å². The summed E-state index contributed by atoms with van der Waals surface area (Å²) in [4.78, 5) is 11.6. The number of nitrogens with one attached hydrogen (secondary N) is 2. The van der Waals surface area contributed by atoms with Gasteiger partial charge in [-0.3, -0.25) is 4.79 Å². The zero-order chi connectivity index (χ0) is 11.4. The molecule has 1 atom stereocenters. The SMILES string of the molecule is Cc1cc(C(=O)NCC[C@H]2CCCN2)on1.Cl. The molecular formula is C11H18ClN3O2. The molecule has 0 unspecified atom stereocenters. The summed E-state index contributed by atoms with van der Waals surface area (Å²) in [5.41, 5.74) is 0.725. The number of aromatic nitrogens is 1. The topological polar surface area (TPSA) is 67.2 Å². The molecule has 0 radical (unpaired) electrons. The average molecular weight is 260 g/mol. The predicted octanol–water partition coefficient (Wildman–Crippen LogP) is 1.28. The van der Waals surface area contributed by atoms with Gasteiger partial charge in [-0.15, -0.1) is 12.4 Å². The molecule has 1 amide bonds. The molecule has 1 aromatic heterocycles. The van der Waals surface area contributed by atoms with Crippen LogP contribution in [0.5, 0.6) is 0 Å². The number of nitrogens with zero attached hydrogens (tertiary/aromatic N) is 1. The molecular weight excluding hydrogens is 242 g/mol. The summed E-state index contributed by atoms with van der Waals surface area (Å²) in [7, 11) is 0. The van der Waals surface area contributed by atoms with Crippen LogP contribution in [0.1, 0.15) is 35.5 Å². The summed E-state index contributed by atoms with van der Waals surface area (Å²) in [5.74, 6) is 0.107. The van der Waals surface area contributed by atoms with Crippen molar-refractivity contribution in [3.8, 4) is 0 Å². The lowest BCUT2D eigenvalue weighted by Crippen LogP contribution is -2.30. The van der Waals surface area contributed by atoms with Gasteiger partial charge >= 0.3 is 0 Å². The van der Waals surface area contributed by atoms with Crippen LogP contribution in [0.15, 0.2) is 10.6 Å². The van der Waals surface area contributed by atoms with Gasteiger partial charge in [0.2, 0.25) is 5.76 Å². The van der Waals surface area contributed by atoms with E-state index in [-0.39, 0.29) is 24.1 Å². The zero-order valence-corrected chi connectivity index (χ0v) is 10.7. The van der Waals surface area contributed by atoms with E-state index in [1.165, 1.54) is 12.8 Å². The first kappa shape index (κ1) is 14.0. The van der Waals surface area contributed by atoms with Gasteiger partial charge in [-0.25, -0.2) is 0 Å². The van der Waals surface area contributed by atoms with E-state index in [4.69, 9.17) is 4.52 Å². The Hall–Kier alpha value is -1.07. The standard InChI is InChI=1S/C11H17N3O2.ClH/c1-8-7-10(16-14-8)11(15)13-6-4-9-3-2-5-12-9;/h7,9,12H,2-6H2,1H3,(H,13,15);1H/t9-;/m1./s1. The monoisotopic (exact) mass is 259 g/mol.